The molecule has 346 valence electrons. The lowest BCUT2D eigenvalue weighted by Gasteiger charge is -2.24. The topological polar surface area (TPSA) is 95.9 Å². The molecule has 0 aliphatic carbocycles. The Morgan fingerprint density at radius 3 is 1.53 bits per heavy atom. The van der Waals surface area contributed by atoms with Crippen molar-refractivity contribution in [1.82, 2.24) is 5.32 Å². The van der Waals surface area contributed by atoms with E-state index in [1.807, 2.05) is 0 Å². The van der Waals surface area contributed by atoms with E-state index in [-0.39, 0.29) is 24.9 Å². The number of nitrogens with one attached hydrogen (secondary N) is 1. The molecule has 0 aliphatic rings. The Bertz CT molecular complexity index is 1120. The van der Waals surface area contributed by atoms with Crippen molar-refractivity contribution in [2.45, 2.75) is 251 Å². The van der Waals surface area contributed by atoms with Crippen LogP contribution in [0, 0.1) is 0 Å². The Labute approximate surface area is 371 Å². The van der Waals surface area contributed by atoms with Crippen molar-refractivity contribution < 1.29 is 24.5 Å². The fourth-order valence-corrected chi connectivity index (χ4v) is 7.30. The second-order valence-corrected chi connectivity index (χ2v) is 16.9. The van der Waals surface area contributed by atoms with E-state index < -0.39 is 18.2 Å². The van der Waals surface area contributed by atoms with Gasteiger partial charge in [0.1, 0.15) is 6.10 Å². The van der Waals surface area contributed by atoms with Gasteiger partial charge in [-0.1, -0.05) is 216 Å². The van der Waals surface area contributed by atoms with Crippen molar-refractivity contribution in [3.05, 3.63) is 72.9 Å². The predicted octanol–water partition coefficient (Wildman–Crippen LogP) is 15.0. The van der Waals surface area contributed by atoms with Crippen LogP contribution in [0.4, 0.5) is 0 Å². The molecule has 3 atom stereocenters. The molecule has 3 unspecified atom stereocenters. The number of aliphatic hydroxyl groups excluding tert-OH is 2. The standard InChI is InChI=1S/C54H95NO5/c1-4-7-10-13-16-19-22-24-25-26-27-28-29-32-35-38-41-44-47-54(59)60-50(45-42-39-36-33-31-23-20-17-14-11-8-5-2)48-53(58)55-51(49-56)52(57)46-43-40-37-34-30-21-18-15-12-9-6-3/h8,11,16-17,19-20,22,24-28,50-52,56-57H,4-7,9-10,12-15,18,21,23,29-49H2,1-3H3,(H,55,58)/b11-8+,19-16+,20-17+,24-22+,26-25+,28-27+. The van der Waals surface area contributed by atoms with Gasteiger partial charge in [0.05, 0.1) is 25.2 Å². The Kier molecular flexibility index (Phi) is 45.2. The van der Waals surface area contributed by atoms with Gasteiger partial charge >= 0.3 is 5.97 Å². The van der Waals surface area contributed by atoms with Gasteiger partial charge in [-0.2, -0.15) is 0 Å². The molecule has 0 rings (SSSR count). The van der Waals surface area contributed by atoms with Crippen molar-refractivity contribution in [2.75, 3.05) is 6.61 Å². The van der Waals surface area contributed by atoms with E-state index in [0.717, 1.165) is 109 Å². The monoisotopic (exact) mass is 838 g/mol. The van der Waals surface area contributed by atoms with Gasteiger partial charge in [-0.3, -0.25) is 9.59 Å². The molecular weight excluding hydrogens is 743 g/mol. The smallest absolute Gasteiger partial charge is 0.306 e. The number of carbonyl (C=O) groups is 2. The van der Waals surface area contributed by atoms with Crippen LogP contribution >= 0.6 is 0 Å². The summed E-state index contributed by atoms with van der Waals surface area (Å²) in [5.74, 6) is -0.518. The zero-order valence-corrected chi connectivity index (χ0v) is 39.3. The molecule has 0 fully saturated rings. The van der Waals surface area contributed by atoms with E-state index in [2.05, 4.69) is 99.0 Å². The molecule has 6 nitrogen and oxygen atoms in total. The molecule has 0 saturated heterocycles. The van der Waals surface area contributed by atoms with Crippen LogP contribution in [0.1, 0.15) is 233 Å². The molecule has 0 bridgehead atoms. The van der Waals surface area contributed by atoms with Crippen molar-refractivity contribution in [2.24, 2.45) is 0 Å². The van der Waals surface area contributed by atoms with Crippen molar-refractivity contribution >= 4 is 11.9 Å². The van der Waals surface area contributed by atoms with Crippen LogP contribution in [0.3, 0.4) is 0 Å². The average molecular weight is 838 g/mol. The molecule has 0 aromatic carbocycles. The fourth-order valence-electron chi connectivity index (χ4n) is 7.30. The van der Waals surface area contributed by atoms with Crippen molar-refractivity contribution in [3.8, 4) is 0 Å². The summed E-state index contributed by atoms with van der Waals surface area (Å²) in [5.41, 5.74) is 0. The maximum atomic E-state index is 13.2. The predicted molar refractivity (Wildman–Crippen MR) is 259 cm³/mol. The Morgan fingerprint density at radius 1 is 0.517 bits per heavy atom. The van der Waals surface area contributed by atoms with Crippen LogP contribution in [0.15, 0.2) is 72.9 Å². The highest BCUT2D eigenvalue weighted by atomic mass is 16.5. The summed E-state index contributed by atoms with van der Waals surface area (Å²) in [6.07, 6.45) is 59.5. The number of esters is 1. The number of hydrogen-bond donors (Lipinski definition) is 3. The van der Waals surface area contributed by atoms with Crippen LogP contribution < -0.4 is 5.32 Å². The summed E-state index contributed by atoms with van der Waals surface area (Å²) in [7, 11) is 0. The third-order valence-corrected chi connectivity index (χ3v) is 11.1. The van der Waals surface area contributed by atoms with Gasteiger partial charge in [0.2, 0.25) is 5.91 Å². The SMILES string of the molecule is CC/C=C/C/C=C/CCCCCCCC(CC(=O)NC(CO)C(O)CCCCCCCCCCCCC)OC(=O)CCCCCCC/C=C/C=C/C=C/C=C/CCCCC. The number of rotatable bonds is 44. The molecule has 6 heteroatoms. The zero-order chi connectivity index (χ0) is 43.8. The van der Waals surface area contributed by atoms with Crippen LogP contribution in [0.2, 0.25) is 0 Å². The van der Waals surface area contributed by atoms with E-state index in [1.165, 1.54) is 77.0 Å². The van der Waals surface area contributed by atoms with Crippen LogP contribution in [-0.4, -0.2) is 46.9 Å². The third kappa shape index (κ3) is 42.0. The molecule has 60 heavy (non-hydrogen) atoms. The molecule has 0 saturated carbocycles. The van der Waals surface area contributed by atoms with Gasteiger partial charge in [-0.25, -0.2) is 0 Å². The Hall–Kier alpha value is -2.70. The lowest BCUT2D eigenvalue weighted by atomic mass is 10.0. The molecule has 0 aromatic rings. The number of unbranched alkanes of at least 4 members (excludes halogenated alkanes) is 23. The molecular formula is C54H95NO5. The molecule has 0 radical (unpaired) electrons. The first-order valence-electron chi connectivity index (χ1n) is 25.2. The van der Waals surface area contributed by atoms with Crippen molar-refractivity contribution in [1.29, 1.82) is 0 Å². The summed E-state index contributed by atoms with van der Waals surface area (Å²) in [4.78, 5) is 26.1. The minimum Gasteiger partial charge on any atom is -0.462 e. The number of hydrogen-bond acceptors (Lipinski definition) is 5. The van der Waals surface area contributed by atoms with Gasteiger partial charge in [0, 0.05) is 6.42 Å². The number of allylic oxidation sites excluding steroid dienone is 12. The summed E-state index contributed by atoms with van der Waals surface area (Å²) >= 11 is 0. The average Bonchev–Trinajstić information content (AvgIpc) is 3.24. The first kappa shape index (κ1) is 57.3. The van der Waals surface area contributed by atoms with E-state index in [0.29, 0.717) is 19.3 Å². The molecule has 3 N–H and O–H groups in total. The van der Waals surface area contributed by atoms with Gasteiger partial charge in [-0.15, -0.1) is 0 Å². The van der Waals surface area contributed by atoms with E-state index in [1.54, 1.807) is 0 Å². The third-order valence-electron chi connectivity index (χ3n) is 11.1. The maximum Gasteiger partial charge on any atom is 0.306 e. The van der Waals surface area contributed by atoms with Gasteiger partial charge in [0.15, 0.2) is 0 Å². The van der Waals surface area contributed by atoms with E-state index in [4.69, 9.17) is 4.74 Å². The lowest BCUT2D eigenvalue weighted by molar-refractivity contribution is -0.151. The number of amides is 1. The zero-order valence-electron chi connectivity index (χ0n) is 39.3. The summed E-state index contributed by atoms with van der Waals surface area (Å²) in [6.45, 7) is 6.32. The van der Waals surface area contributed by atoms with E-state index >= 15 is 0 Å². The van der Waals surface area contributed by atoms with E-state index in [9.17, 15) is 19.8 Å². The summed E-state index contributed by atoms with van der Waals surface area (Å²) in [5, 5.41) is 23.7. The Morgan fingerprint density at radius 2 is 0.967 bits per heavy atom. The quantitative estimate of drug-likeness (QED) is 0.0246. The van der Waals surface area contributed by atoms with Crippen LogP contribution in [-0.2, 0) is 14.3 Å². The highest BCUT2D eigenvalue weighted by Crippen LogP contribution is 2.17. The number of aliphatic hydroxyl groups is 2. The number of ether oxygens (including phenoxy) is 1. The first-order valence-corrected chi connectivity index (χ1v) is 25.2. The van der Waals surface area contributed by atoms with Gasteiger partial charge < -0.3 is 20.3 Å². The fraction of sp³-hybridized carbons (Fsp3) is 0.741. The van der Waals surface area contributed by atoms with Crippen LogP contribution in [0.25, 0.3) is 0 Å². The second kappa shape index (κ2) is 47.4. The Balaban J connectivity index is 4.63. The molecule has 0 heterocycles. The molecule has 1 amide bonds. The number of carbonyl (C=O) groups excluding carboxylic acids is 2. The summed E-state index contributed by atoms with van der Waals surface area (Å²) < 4.78 is 5.91. The van der Waals surface area contributed by atoms with Gasteiger partial charge in [0.25, 0.3) is 0 Å². The minimum absolute atomic E-state index is 0.0554. The normalized spacial score (nSPS) is 13.9. The lowest BCUT2D eigenvalue weighted by Crippen LogP contribution is -2.46. The van der Waals surface area contributed by atoms with Crippen LogP contribution in [0.5, 0.6) is 0 Å². The molecule has 0 spiro atoms. The largest absolute Gasteiger partial charge is 0.462 e. The second-order valence-electron chi connectivity index (χ2n) is 16.9. The first-order chi connectivity index (χ1) is 29.5. The highest BCUT2D eigenvalue weighted by molar-refractivity contribution is 5.77. The van der Waals surface area contributed by atoms with Gasteiger partial charge in [-0.05, 0) is 77.0 Å². The summed E-state index contributed by atoms with van der Waals surface area (Å²) in [6, 6.07) is -0.713. The minimum atomic E-state index is -0.797. The molecule has 0 aliphatic heterocycles. The highest BCUT2D eigenvalue weighted by Gasteiger charge is 2.24. The maximum absolute atomic E-state index is 13.2. The molecule has 0 aromatic heterocycles. The van der Waals surface area contributed by atoms with Crippen molar-refractivity contribution in [3.63, 3.8) is 0 Å².